The van der Waals surface area contributed by atoms with Gasteiger partial charge in [0.1, 0.15) is 0 Å². The summed E-state index contributed by atoms with van der Waals surface area (Å²) in [5.74, 6) is 0. The number of benzene rings is 2. The van der Waals surface area contributed by atoms with Crippen molar-refractivity contribution in [3.05, 3.63) is 61.2 Å². The summed E-state index contributed by atoms with van der Waals surface area (Å²) < 4.78 is 0. The zero-order chi connectivity index (χ0) is 13.8. The normalized spacial score (nSPS) is 12.7. The molecule has 20 heavy (non-hydrogen) atoms. The topological polar surface area (TPSA) is 15.3 Å². The van der Waals surface area contributed by atoms with Gasteiger partial charge in [0.15, 0.2) is 0 Å². The van der Waals surface area contributed by atoms with Crippen LogP contribution in [-0.2, 0) is 0 Å². The number of hydrogen-bond acceptors (Lipinski definition) is 3. The standard InChI is InChI=1S/C17H18N2S/c1-2-11-18-12-13-19-14-7-3-5-9-16(14)20-17-10-6-4-8-15(17)19/h2-10,18H,1,11-13H2. The number of para-hydroxylation sites is 2. The highest BCUT2D eigenvalue weighted by Gasteiger charge is 2.21. The number of rotatable bonds is 5. The van der Waals surface area contributed by atoms with Gasteiger partial charge in [0.05, 0.1) is 11.4 Å². The van der Waals surface area contributed by atoms with E-state index >= 15 is 0 Å². The van der Waals surface area contributed by atoms with E-state index in [1.54, 1.807) is 0 Å². The van der Waals surface area contributed by atoms with Crippen LogP contribution >= 0.6 is 11.8 Å². The summed E-state index contributed by atoms with van der Waals surface area (Å²) in [5.41, 5.74) is 2.60. The van der Waals surface area contributed by atoms with Crippen molar-refractivity contribution in [2.45, 2.75) is 9.79 Å². The molecular formula is C17H18N2S. The first-order valence-corrected chi connectivity index (χ1v) is 7.67. The van der Waals surface area contributed by atoms with Crippen LogP contribution in [0.4, 0.5) is 11.4 Å². The predicted octanol–water partition coefficient (Wildman–Crippen LogP) is 4.06. The van der Waals surface area contributed by atoms with Gasteiger partial charge in [-0.25, -0.2) is 0 Å². The second-order valence-electron chi connectivity index (χ2n) is 4.68. The molecule has 1 aliphatic rings. The zero-order valence-electron chi connectivity index (χ0n) is 11.4. The third-order valence-electron chi connectivity index (χ3n) is 3.33. The van der Waals surface area contributed by atoms with Crippen LogP contribution in [0.3, 0.4) is 0 Å². The first-order chi connectivity index (χ1) is 9.90. The molecule has 0 atom stereocenters. The van der Waals surface area contributed by atoms with Gasteiger partial charge in [-0.1, -0.05) is 42.1 Å². The van der Waals surface area contributed by atoms with E-state index in [0.29, 0.717) is 0 Å². The quantitative estimate of drug-likeness (QED) is 0.657. The highest BCUT2D eigenvalue weighted by Crippen LogP contribution is 2.47. The van der Waals surface area contributed by atoms with E-state index in [1.165, 1.54) is 21.2 Å². The summed E-state index contributed by atoms with van der Waals surface area (Å²) in [6, 6.07) is 17.2. The smallest absolute Gasteiger partial charge is 0.0553 e. The number of nitrogens with zero attached hydrogens (tertiary/aromatic N) is 1. The number of nitrogens with one attached hydrogen (secondary N) is 1. The van der Waals surface area contributed by atoms with Crippen LogP contribution in [0, 0.1) is 0 Å². The van der Waals surface area contributed by atoms with E-state index < -0.39 is 0 Å². The van der Waals surface area contributed by atoms with Crippen molar-refractivity contribution >= 4 is 23.1 Å². The van der Waals surface area contributed by atoms with Gasteiger partial charge in [-0.2, -0.15) is 0 Å². The molecule has 1 N–H and O–H groups in total. The molecule has 0 saturated carbocycles. The highest BCUT2D eigenvalue weighted by atomic mass is 32.2. The lowest BCUT2D eigenvalue weighted by molar-refractivity contribution is 0.737. The van der Waals surface area contributed by atoms with Crippen molar-refractivity contribution in [3.8, 4) is 0 Å². The van der Waals surface area contributed by atoms with Crippen molar-refractivity contribution in [2.24, 2.45) is 0 Å². The summed E-state index contributed by atoms with van der Waals surface area (Å²) in [4.78, 5) is 5.06. The van der Waals surface area contributed by atoms with Crippen LogP contribution in [0.15, 0.2) is 71.0 Å². The molecule has 0 unspecified atom stereocenters. The van der Waals surface area contributed by atoms with Crippen molar-refractivity contribution in [2.75, 3.05) is 24.5 Å². The lowest BCUT2D eigenvalue weighted by atomic mass is 10.2. The van der Waals surface area contributed by atoms with Crippen molar-refractivity contribution in [1.29, 1.82) is 0 Å². The van der Waals surface area contributed by atoms with Gasteiger partial charge in [-0.3, -0.25) is 0 Å². The Morgan fingerprint density at radius 1 is 1.00 bits per heavy atom. The summed E-state index contributed by atoms with van der Waals surface area (Å²) in [6.07, 6.45) is 1.90. The Morgan fingerprint density at radius 2 is 1.60 bits per heavy atom. The molecule has 3 rings (SSSR count). The Labute approximate surface area is 124 Å². The fourth-order valence-corrected chi connectivity index (χ4v) is 3.51. The number of anilines is 2. The van der Waals surface area contributed by atoms with Crippen LogP contribution in [-0.4, -0.2) is 19.6 Å². The molecule has 1 aliphatic heterocycles. The monoisotopic (exact) mass is 282 g/mol. The van der Waals surface area contributed by atoms with Gasteiger partial charge >= 0.3 is 0 Å². The molecule has 0 bridgehead atoms. The molecule has 0 amide bonds. The Balaban J connectivity index is 1.89. The Bertz CT molecular complexity index is 564. The molecular weight excluding hydrogens is 264 g/mol. The van der Waals surface area contributed by atoms with E-state index in [9.17, 15) is 0 Å². The Hall–Kier alpha value is -1.71. The molecule has 102 valence electrons. The molecule has 0 saturated heterocycles. The second-order valence-corrected chi connectivity index (χ2v) is 5.77. The molecule has 0 aromatic heterocycles. The lowest BCUT2D eigenvalue weighted by Gasteiger charge is -2.32. The molecule has 2 nitrogen and oxygen atoms in total. The van der Waals surface area contributed by atoms with E-state index in [4.69, 9.17) is 0 Å². The molecule has 1 heterocycles. The van der Waals surface area contributed by atoms with E-state index in [-0.39, 0.29) is 0 Å². The number of fused-ring (bicyclic) bond motifs is 2. The maximum atomic E-state index is 3.74. The molecule has 0 aliphatic carbocycles. The van der Waals surface area contributed by atoms with Gasteiger partial charge in [0.25, 0.3) is 0 Å². The van der Waals surface area contributed by atoms with Crippen LogP contribution in [0.2, 0.25) is 0 Å². The van der Waals surface area contributed by atoms with Gasteiger partial charge in [-0.05, 0) is 24.3 Å². The minimum absolute atomic E-state index is 0.853. The predicted molar refractivity (Wildman–Crippen MR) is 87.1 cm³/mol. The summed E-state index contributed by atoms with van der Waals surface area (Å²) >= 11 is 1.85. The Kier molecular flexibility index (Phi) is 4.09. The van der Waals surface area contributed by atoms with Crippen LogP contribution < -0.4 is 10.2 Å². The average molecular weight is 282 g/mol. The molecule has 2 aromatic carbocycles. The molecule has 2 aromatic rings. The van der Waals surface area contributed by atoms with Gasteiger partial charge in [0.2, 0.25) is 0 Å². The fraction of sp³-hybridized carbons (Fsp3) is 0.176. The minimum atomic E-state index is 0.853. The van der Waals surface area contributed by atoms with Gasteiger partial charge in [0, 0.05) is 29.4 Å². The first kappa shape index (κ1) is 13.3. The van der Waals surface area contributed by atoms with Crippen LogP contribution in [0.1, 0.15) is 0 Å². The lowest BCUT2D eigenvalue weighted by Crippen LogP contribution is -2.30. The van der Waals surface area contributed by atoms with E-state index in [2.05, 4.69) is 65.3 Å². The summed E-state index contributed by atoms with van der Waals surface area (Å²) in [5, 5.41) is 3.38. The average Bonchev–Trinajstić information content (AvgIpc) is 2.50. The van der Waals surface area contributed by atoms with Crippen LogP contribution in [0.25, 0.3) is 0 Å². The summed E-state index contributed by atoms with van der Waals surface area (Å²) in [6.45, 7) is 6.50. The van der Waals surface area contributed by atoms with Crippen molar-refractivity contribution < 1.29 is 0 Å². The number of hydrogen-bond donors (Lipinski definition) is 1. The van der Waals surface area contributed by atoms with Crippen molar-refractivity contribution in [1.82, 2.24) is 5.32 Å². The van der Waals surface area contributed by atoms with E-state index in [1.807, 2.05) is 17.8 Å². The SMILES string of the molecule is C=CCNCCN1c2ccccc2Sc2ccccc21. The third-order valence-corrected chi connectivity index (χ3v) is 4.46. The second kappa shape index (κ2) is 6.16. The summed E-state index contributed by atoms with van der Waals surface area (Å²) in [7, 11) is 0. The molecule has 3 heteroatoms. The molecule has 0 fully saturated rings. The van der Waals surface area contributed by atoms with E-state index in [0.717, 1.165) is 19.6 Å². The first-order valence-electron chi connectivity index (χ1n) is 6.85. The highest BCUT2D eigenvalue weighted by molar-refractivity contribution is 7.99. The fourth-order valence-electron chi connectivity index (χ4n) is 2.42. The Morgan fingerprint density at radius 3 is 2.20 bits per heavy atom. The molecule has 0 radical (unpaired) electrons. The third kappa shape index (κ3) is 2.60. The van der Waals surface area contributed by atoms with Crippen LogP contribution in [0.5, 0.6) is 0 Å². The van der Waals surface area contributed by atoms with Gasteiger partial charge in [-0.15, -0.1) is 6.58 Å². The largest absolute Gasteiger partial charge is 0.338 e. The maximum absolute atomic E-state index is 3.74. The van der Waals surface area contributed by atoms with Gasteiger partial charge < -0.3 is 10.2 Å². The minimum Gasteiger partial charge on any atom is -0.338 e. The molecule has 0 spiro atoms. The maximum Gasteiger partial charge on any atom is 0.0553 e. The van der Waals surface area contributed by atoms with Crippen molar-refractivity contribution in [3.63, 3.8) is 0 Å². The zero-order valence-corrected chi connectivity index (χ0v) is 12.2.